The zero-order valence-corrected chi connectivity index (χ0v) is 9.59. The largest absolute Gasteiger partial charge is 0.466 e. The molecule has 0 spiro atoms. The number of hydrogen-bond acceptors (Lipinski definition) is 3. The molecule has 1 aromatic carbocycles. The standard InChI is InChI=1S/C12H13F2NO2/c1-8(12(16)17-2)5-6-15-11-7-9(13)3-4-10(11)14/h3-5,7,15H,6H2,1-2H3/b8-5+. The van der Waals surface area contributed by atoms with Crippen LogP contribution in [0, 0.1) is 11.6 Å². The zero-order chi connectivity index (χ0) is 12.8. The van der Waals surface area contributed by atoms with E-state index in [0.29, 0.717) is 5.57 Å². The van der Waals surface area contributed by atoms with Crippen LogP contribution in [0.4, 0.5) is 14.5 Å². The van der Waals surface area contributed by atoms with Gasteiger partial charge in [-0.05, 0) is 25.1 Å². The third-order valence-corrected chi connectivity index (χ3v) is 2.14. The molecule has 0 aliphatic carbocycles. The first-order valence-electron chi connectivity index (χ1n) is 4.98. The van der Waals surface area contributed by atoms with Gasteiger partial charge in [-0.3, -0.25) is 0 Å². The number of methoxy groups -OCH3 is 1. The van der Waals surface area contributed by atoms with Crippen LogP contribution in [0.5, 0.6) is 0 Å². The molecule has 0 unspecified atom stereocenters. The van der Waals surface area contributed by atoms with Gasteiger partial charge >= 0.3 is 5.97 Å². The smallest absolute Gasteiger partial charge is 0.333 e. The Bertz CT molecular complexity index is 444. The summed E-state index contributed by atoms with van der Waals surface area (Å²) in [6.45, 7) is 1.79. The van der Waals surface area contributed by atoms with Gasteiger partial charge in [-0.1, -0.05) is 6.08 Å². The Balaban J connectivity index is 2.62. The van der Waals surface area contributed by atoms with Crippen LogP contribution < -0.4 is 5.32 Å². The number of rotatable bonds is 4. The van der Waals surface area contributed by atoms with Gasteiger partial charge in [0.05, 0.1) is 12.8 Å². The Morgan fingerprint density at radius 2 is 2.18 bits per heavy atom. The molecule has 0 heterocycles. The van der Waals surface area contributed by atoms with Crippen molar-refractivity contribution in [3.05, 3.63) is 41.5 Å². The monoisotopic (exact) mass is 241 g/mol. The Kier molecular flexibility index (Phi) is 4.63. The molecule has 1 rings (SSSR count). The fourth-order valence-corrected chi connectivity index (χ4v) is 1.19. The second-order valence-electron chi connectivity index (χ2n) is 3.38. The fraction of sp³-hybridized carbons (Fsp3) is 0.250. The molecule has 0 aliphatic rings. The Labute approximate surface area is 98.1 Å². The average Bonchev–Trinajstić information content (AvgIpc) is 2.32. The maximum absolute atomic E-state index is 13.2. The highest BCUT2D eigenvalue weighted by Crippen LogP contribution is 2.14. The van der Waals surface area contributed by atoms with Gasteiger partial charge in [0, 0.05) is 12.1 Å². The second kappa shape index (κ2) is 5.98. The molecule has 1 N–H and O–H groups in total. The summed E-state index contributed by atoms with van der Waals surface area (Å²) >= 11 is 0. The lowest BCUT2D eigenvalue weighted by Crippen LogP contribution is -2.06. The van der Waals surface area contributed by atoms with Gasteiger partial charge < -0.3 is 10.1 Å². The van der Waals surface area contributed by atoms with E-state index in [-0.39, 0.29) is 12.2 Å². The van der Waals surface area contributed by atoms with Crippen molar-refractivity contribution in [2.75, 3.05) is 19.0 Å². The molecule has 0 aliphatic heterocycles. The van der Waals surface area contributed by atoms with Gasteiger partial charge in [0.1, 0.15) is 11.6 Å². The van der Waals surface area contributed by atoms with Crippen molar-refractivity contribution in [1.29, 1.82) is 0 Å². The zero-order valence-electron chi connectivity index (χ0n) is 9.59. The lowest BCUT2D eigenvalue weighted by atomic mass is 10.2. The molecule has 17 heavy (non-hydrogen) atoms. The van der Waals surface area contributed by atoms with Crippen LogP contribution in [0.2, 0.25) is 0 Å². The lowest BCUT2D eigenvalue weighted by molar-refractivity contribution is -0.136. The molecule has 0 radical (unpaired) electrons. The molecule has 1 aromatic rings. The predicted molar refractivity (Wildman–Crippen MR) is 60.6 cm³/mol. The SMILES string of the molecule is COC(=O)/C(C)=C/CNc1cc(F)ccc1F. The summed E-state index contributed by atoms with van der Waals surface area (Å²) in [6.07, 6.45) is 1.54. The predicted octanol–water partition coefficient (Wildman–Crippen LogP) is 2.50. The third kappa shape index (κ3) is 3.86. The van der Waals surface area contributed by atoms with Crippen LogP contribution in [0.25, 0.3) is 0 Å². The van der Waals surface area contributed by atoms with Gasteiger partial charge in [0.2, 0.25) is 0 Å². The second-order valence-corrected chi connectivity index (χ2v) is 3.38. The Hall–Kier alpha value is -1.91. The maximum Gasteiger partial charge on any atom is 0.333 e. The number of carbonyl (C=O) groups excluding carboxylic acids is 1. The quantitative estimate of drug-likeness (QED) is 0.650. The van der Waals surface area contributed by atoms with E-state index in [9.17, 15) is 13.6 Å². The van der Waals surface area contributed by atoms with Crippen molar-refractivity contribution in [2.24, 2.45) is 0 Å². The van der Waals surface area contributed by atoms with Crippen LogP contribution in [-0.4, -0.2) is 19.6 Å². The highest BCUT2D eigenvalue weighted by molar-refractivity contribution is 5.87. The molecular weight excluding hydrogens is 228 g/mol. The number of halogens is 2. The number of esters is 1. The minimum atomic E-state index is -0.546. The maximum atomic E-state index is 13.2. The third-order valence-electron chi connectivity index (χ3n) is 2.14. The van der Waals surface area contributed by atoms with Gasteiger partial charge in [0.25, 0.3) is 0 Å². The van der Waals surface area contributed by atoms with Crippen molar-refractivity contribution in [2.45, 2.75) is 6.92 Å². The normalized spacial score (nSPS) is 11.2. The minimum Gasteiger partial charge on any atom is -0.466 e. The first-order valence-corrected chi connectivity index (χ1v) is 4.98. The summed E-state index contributed by atoms with van der Waals surface area (Å²) < 4.78 is 30.5. The molecule has 0 saturated heterocycles. The summed E-state index contributed by atoms with van der Waals surface area (Å²) in [4.78, 5) is 11.0. The Morgan fingerprint density at radius 1 is 1.47 bits per heavy atom. The van der Waals surface area contributed by atoms with Crippen molar-refractivity contribution in [1.82, 2.24) is 0 Å². The van der Waals surface area contributed by atoms with Crippen molar-refractivity contribution in [3.8, 4) is 0 Å². The van der Waals surface area contributed by atoms with E-state index < -0.39 is 17.6 Å². The van der Waals surface area contributed by atoms with Crippen LogP contribution >= 0.6 is 0 Å². The van der Waals surface area contributed by atoms with Crippen LogP contribution in [0.3, 0.4) is 0 Å². The molecule has 0 saturated carbocycles. The molecule has 92 valence electrons. The first-order chi connectivity index (χ1) is 8.04. The number of nitrogens with one attached hydrogen (secondary N) is 1. The molecule has 0 fully saturated rings. The van der Waals surface area contributed by atoms with Gasteiger partial charge in [-0.2, -0.15) is 0 Å². The van der Waals surface area contributed by atoms with Crippen molar-refractivity contribution >= 4 is 11.7 Å². The van der Waals surface area contributed by atoms with Crippen LogP contribution in [0.15, 0.2) is 29.8 Å². The summed E-state index contributed by atoms with van der Waals surface area (Å²) in [5.41, 5.74) is 0.454. The lowest BCUT2D eigenvalue weighted by Gasteiger charge is -2.05. The van der Waals surface area contributed by atoms with E-state index in [1.807, 2.05) is 0 Å². The minimum absolute atomic E-state index is 0.0546. The van der Waals surface area contributed by atoms with Crippen LogP contribution in [0.1, 0.15) is 6.92 Å². The number of ether oxygens (including phenoxy) is 1. The van der Waals surface area contributed by atoms with Crippen molar-refractivity contribution < 1.29 is 18.3 Å². The van der Waals surface area contributed by atoms with E-state index in [1.54, 1.807) is 6.92 Å². The van der Waals surface area contributed by atoms with E-state index in [0.717, 1.165) is 18.2 Å². The van der Waals surface area contributed by atoms with Crippen molar-refractivity contribution in [3.63, 3.8) is 0 Å². The fourth-order valence-electron chi connectivity index (χ4n) is 1.19. The Morgan fingerprint density at radius 3 is 2.82 bits per heavy atom. The highest BCUT2D eigenvalue weighted by Gasteiger charge is 2.04. The number of carbonyl (C=O) groups is 1. The van der Waals surface area contributed by atoms with Gasteiger partial charge in [-0.15, -0.1) is 0 Å². The van der Waals surface area contributed by atoms with E-state index in [2.05, 4.69) is 10.1 Å². The van der Waals surface area contributed by atoms with E-state index in [4.69, 9.17) is 0 Å². The number of anilines is 1. The molecule has 0 aromatic heterocycles. The molecular formula is C12H13F2NO2. The topological polar surface area (TPSA) is 38.3 Å². The van der Waals surface area contributed by atoms with Gasteiger partial charge in [0.15, 0.2) is 0 Å². The molecule has 5 heteroatoms. The number of benzene rings is 1. The van der Waals surface area contributed by atoms with E-state index >= 15 is 0 Å². The molecule has 0 atom stereocenters. The molecule has 0 amide bonds. The average molecular weight is 241 g/mol. The first kappa shape index (κ1) is 13.2. The molecule has 3 nitrogen and oxygen atoms in total. The summed E-state index contributed by atoms with van der Waals surface area (Å²) in [6, 6.07) is 3.13. The van der Waals surface area contributed by atoms with E-state index in [1.165, 1.54) is 13.2 Å². The highest BCUT2D eigenvalue weighted by atomic mass is 19.1. The number of hydrogen-bond donors (Lipinski definition) is 1. The van der Waals surface area contributed by atoms with Gasteiger partial charge in [-0.25, -0.2) is 13.6 Å². The summed E-state index contributed by atoms with van der Waals surface area (Å²) in [7, 11) is 1.28. The molecule has 0 bridgehead atoms. The summed E-state index contributed by atoms with van der Waals surface area (Å²) in [5, 5.41) is 2.66. The van der Waals surface area contributed by atoms with Crippen LogP contribution in [-0.2, 0) is 9.53 Å². The summed E-state index contributed by atoms with van der Waals surface area (Å²) in [5.74, 6) is -1.52.